The molecule has 2 aromatic heterocycles. The quantitative estimate of drug-likeness (QED) is 0.858. The van der Waals surface area contributed by atoms with E-state index in [4.69, 9.17) is 0 Å². The Morgan fingerprint density at radius 1 is 1.32 bits per heavy atom. The number of carbonyl (C=O) groups is 1. The predicted molar refractivity (Wildman–Crippen MR) is 97.4 cm³/mol. The second-order valence-corrected chi connectivity index (χ2v) is 7.35. The lowest BCUT2D eigenvalue weighted by Gasteiger charge is -2.37. The summed E-state index contributed by atoms with van der Waals surface area (Å²) >= 11 is 0. The van der Waals surface area contributed by atoms with Crippen molar-refractivity contribution in [2.24, 2.45) is 7.05 Å². The number of aryl methyl sites for hydroxylation is 3. The Morgan fingerprint density at radius 3 is 2.68 bits per heavy atom. The van der Waals surface area contributed by atoms with Crippen molar-refractivity contribution in [1.82, 2.24) is 24.5 Å². The number of likely N-dealkylation sites (tertiary alicyclic amines) is 1. The third-order valence-corrected chi connectivity index (χ3v) is 5.44. The van der Waals surface area contributed by atoms with Crippen LogP contribution >= 0.6 is 0 Å². The zero-order chi connectivity index (χ0) is 18.1. The van der Waals surface area contributed by atoms with Crippen molar-refractivity contribution in [2.45, 2.75) is 65.5 Å². The van der Waals surface area contributed by atoms with Crippen LogP contribution in [0.25, 0.3) is 0 Å². The van der Waals surface area contributed by atoms with E-state index in [1.807, 2.05) is 50.3 Å². The Hall–Kier alpha value is -2.11. The van der Waals surface area contributed by atoms with Crippen molar-refractivity contribution < 1.29 is 4.79 Å². The second-order valence-electron chi connectivity index (χ2n) is 7.35. The highest BCUT2D eigenvalue weighted by Crippen LogP contribution is 2.28. The molecular formula is C19H29N5O. The Kier molecular flexibility index (Phi) is 4.97. The molecule has 3 heterocycles. The summed E-state index contributed by atoms with van der Waals surface area (Å²) in [6, 6.07) is 0.222. The number of nitrogens with zero attached hydrogens (tertiary/aromatic N) is 5. The highest BCUT2D eigenvalue weighted by atomic mass is 16.2. The standard InChI is InChI=1S/C19H29N5O/c1-13-10-20-23(11-13)12-17-8-6-7-9-24(17)19(25)14(2)18-15(3)21-22(5)16(18)4/h10-11,14,17H,6-9,12H2,1-5H3. The van der Waals surface area contributed by atoms with Crippen molar-refractivity contribution in [3.63, 3.8) is 0 Å². The first-order valence-electron chi connectivity index (χ1n) is 9.18. The summed E-state index contributed by atoms with van der Waals surface area (Å²) in [4.78, 5) is 15.4. The maximum absolute atomic E-state index is 13.3. The zero-order valence-electron chi connectivity index (χ0n) is 16.0. The highest BCUT2D eigenvalue weighted by molar-refractivity contribution is 5.84. The molecule has 0 radical (unpaired) electrons. The van der Waals surface area contributed by atoms with Gasteiger partial charge in [-0.05, 0) is 52.5 Å². The highest BCUT2D eigenvalue weighted by Gasteiger charge is 2.32. The number of piperidine rings is 1. The van der Waals surface area contributed by atoms with E-state index < -0.39 is 0 Å². The lowest BCUT2D eigenvalue weighted by atomic mass is 9.94. The molecular weight excluding hydrogens is 314 g/mol. The molecule has 0 bridgehead atoms. The van der Waals surface area contributed by atoms with E-state index in [-0.39, 0.29) is 17.9 Å². The molecule has 0 aromatic carbocycles. The van der Waals surface area contributed by atoms with Gasteiger partial charge in [0.2, 0.25) is 5.91 Å². The molecule has 0 saturated carbocycles. The van der Waals surface area contributed by atoms with Gasteiger partial charge in [-0.1, -0.05) is 0 Å². The first kappa shape index (κ1) is 17.7. The molecule has 6 heteroatoms. The SMILES string of the molecule is Cc1cnn(CC2CCCCN2C(=O)C(C)c2c(C)nn(C)c2C)c1. The van der Waals surface area contributed by atoms with Crippen LogP contribution in [0.2, 0.25) is 0 Å². The van der Waals surface area contributed by atoms with E-state index in [0.29, 0.717) is 0 Å². The minimum atomic E-state index is -0.159. The summed E-state index contributed by atoms with van der Waals surface area (Å²) in [7, 11) is 1.94. The number of aromatic nitrogens is 4. The van der Waals surface area contributed by atoms with Crippen LogP contribution in [0.5, 0.6) is 0 Å². The van der Waals surface area contributed by atoms with Gasteiger partial charge in [0.05, 0.1) is 30.4 Å². The maximum atomic E-state index is 13.3. The molecule has 2 aromatic rings. The summed E-state index contributed by atoms with van der Waals surface area (Å²) in [6.45, 7) is 9.71. The van der Waals surface area contributed by atoms with Gasteiger partial charge >= 0.3 is 0 Å². The molecule has 0 N–H and O–H groups in total. The fourth-order valence-electron chi connectivity index (χ4n) is 4.05. The van der Waals surface area contributed by atoms with Gasteiger partial charge in [-0.15, -0.1) is 0 Å². The molecule has 2 atom stereocenters. The molecule has 1 aliphatic rings. The van der Waals surface area contributed by atoms with E-state index in [1.54, 1.807) is 0 Å². The molecule has 1 saturated heterocycles. The first-order valence-corrected chi connectivity index (χ1v) is 9.18. The van der Waals surface area contributed by atoms with Gasteiger partial charge in [0.25, 0.3) is 0 Å². The number of hydrogen-bond donors (Lipinski definition) is 0. The van der Waals surface area contributed by atoms with Crippen LogP contribution in [0, 0.1) is 20.8 Å². The van der Waals surface area contributed by atoms with Crippen LogP contribution in [-0.4, -0.2) is 43.0 Å². The predicted octanol–water partition coefficient (Wildman–Crippen LogP) is 2.73. The van der Waals surface area contributed by atoms with Crippen molar-refractivity contribution in [1.29, 1.82) is 0 Å². The fourth-order valence-corrected chi connectivity index (χ4v) is 4.05. The Labute approximate surface area is 149 Å². The van der Waals surface area contributed by atoms with Crippen LogP contribution in [-0.2, 0) is 18.4 Å². The Morgan fingerprint density at radius 2 is 2.08 bits per heavy atom. The maximum Gasteiger partial charge on any atom is 0.230 e. The number of carbonyl (C=O) groups excluding carboxylic acids is 1. The van der Waals surface area contributed by atoms with Crippen LogP contribution in [0.4, 0.5) is 0 Å². The average molecular weight is 343 g/mol. The Bertz CT molecular complexity index is 760. The topological polar surface area (TPSA) is 56.0 Å². The van der Waals surface area contributed by atoms with Gasteiger partial charge in [0, 0.05) is 31.0 Å². The molecule has 1 fully saturated rings. The van der Waals surface area contributed by atoms with Gasteiger partial charge in [-0.2, -0.15) is 10.2 Å². The lowest BCUT2D eigenvalue weighted by molar-refractivity contribution is -0.136. The summed E-state index contributed by atoms with van der Waals surface area (Å²) < 4.78 is 3.84. The molecule has 3 rings (SSSR count). The van der Waals surface area contributed by atoms with Crippen molar-refractivity contribution in [3.05, 3.63) is 34.9 Å². The van der Waals surface area contributed by atoms with Crippen molar-refractivity contribution >= 4 is 5.91 Å². The van der Waals surface area contributed by atoms with Gasteiger partial charge in [-0.25, -0.2) is 0 Å². The summed E-state index contributed by atoms with van der Waals surface area (Å²) in [5.74, 6) is 0.0569. The molecule has 25 heavy (non-hydrogen) atoms. The van der Waals surface area contributed by atoms with E-state index in [9.17, 15) is 4.79 Å². The summed E-state index contributed by atoms with van der Waals surface area (Å²) in [5.41, 5.74) is 4.27. The molecule has 1 aliphatic heterocycles. The average Bonchev–Trinajstić information content (AvgIpc) is 3.09. The third kappa shape index (κ3) is 3.48. The lowest BCUT2D eigenvalue weighted by Crippen LogP contribution is -2.47. The van der Waals surface area contributed by atoms with E-state index in [0.717, 1.165) is 48.4 Å². The van der Waals surface area contributed by atoms with E-state index in [2.05, 4.69) is 21.3 Å². The molecule has 0 spiro atoms. The minimum absolute atomic E-state index is 0.159. The molecule has 136 valence electrons. The normalized spacial score (nSPS) is 19.2. The molecule has 2 unspecified atom stereocenters. The van der Waals surface area contributed by atoms with Crippen LogP contribution in [0.15, 0.2) is 12.4 Å². The monoisotopic (exact) mass is 343 g/mol. The van der Waals surface area contributed by atoms with E-state index >= 15 is 0 Å². The van der Waals surface area contributed by atoms with Crippen LogP contribution in [0.1, 0.15) is 54.6 Å². The first-order chi connectivity index (χ1) is 11.9. The summed E-state index contributed by atoms with van der Waals surface area (Å²) in [6.07, 6.45) is 7.23. The van der Waals surface area contributed by atoms with Crippen LogP contribution < -0.4 is 0 Å². The van der Waals surface area contributed by atoms with Gasteiger partial charge in [0.15, 0.2) is 0 Å². The number of rotatable bonds is 4. The number of amides is 1. The Balaban J connectivity index is 1.80. The van der Waals surface area contributed by atoms with Gasteiger partial charge in [0.1, 0.15) is 0 Å². The largest absolute Gasteiger partial charge is 0.337 e. The van der Waals surface area contributed by atoms with Gasteiger partial charge < -0.3 is 4.90 Å². The zero-order valence-corrected chi connectivity index (χ0v) is 16.0. The third-order valence-electron chi connectivity index (χ3n) is 5.44. The van der Waals surface area contributed by atoms with Gasteiger partial charge in [-0.3, -0.25) is 14.2 Å². The smallest absolute Gasteiger partial charge is 0.230 e. The van der Waals surface area contributed by atoms with E-state index in [1.165, 1.54) is 6.42 Å². The summed E-state index contributed by atoms with van der Waals surface area (Å²) in [5, 5.41) is 8.88. The number of hydrogen-bond acceptors (Lipinski definition) is 3. The minimum Gasteiger partial charge on any atom is -0.337 e. The molecule has 1 amide bonds. The second kappa shape index (κ2) is 7.02. The fraction of sp³-hybridized carbons (Fsp3) is 0.632. The van der Waals surface area contributed by atoms with Crippen LogP contribution in [0.3, 0.4) is 0 Å². The van der Waals surface area contributed by atoms with Crippen molar-refractivity contribution in [2.75, 3.05) is 6.54 Å². The van der Waals surface area contributed by atoms with Crippen molar-refractivity contribution in [3.8, 4) is 0 Å². The molecule has 0 aliphatic carbocycles. The molecule has 6 nitrogen and oxygen atoms in total.